The van der Waals surface area contributed by atoms with Gasteiger partial charge < -0.3 is 15.4 Å². The Balaban J connectivity index is 2.29. The molecule has 0 fully saturated rings. The molecule has 23 heavy (non-hydrogen) atoms. The summed E-state index contributed by atoms with van der Waals surface area (Å²) in [5.74, 6) is 0.519. The van der Waals surface area contributed by atoms with Crippen molar-refractivity contribution >= 4 is 6.09 Å². The van der Waals surface area contributed by atoms with E-state index in [1.165, 1.54) is 5.56 Å². The SMILES string of the molecule is CC(CCNCC(C)(C)NC(=O)OC(C)(C)C)c1ccccc1. The molecule has 2 N–H and O–H groups in total. The highest BCUT2D eigenvalue weighted by Crippen LogP contribution is 2.17. The number of rotatable bonds is 7. The zero-order valence-electron chi connectivity index (χ0n) is 15.4. The third kappa shape index (κ3) is 8.60. The zero-order valence-corrected chi connectivity index (χ0v) is 15.4. The van der Waals surface area contributed by atoms with Gasteiger partial charge in [0.1, 0.15) is 5.60 Å². The van der Waals surface area contributed by atoms with E-state index in [2.05, 4.69) is 41.8 Å². The number of carbonyl (C=O) groups is 1. The number of amides is 1. The molecule has 4 heteroatoms. The van der Waals surface area contributed by atoms with Crippen molar-refractivity contribution in [3.05, 3.63) is 35.9 Å². The number of hydrogen-bond donors (Lipinski definition) is 2. The molecule has 4 nitrogen and oxygen atoms in total. The van der Waals surface area contributed by atoms with Gasteiger partial charge in [0.15, 0.2) is 0 Å². The Bertz CT molecular complexity index is 478. The molecular weight excluding hydrogens is 288 g/mol. The van der Waals surface area contributed by atoms with Crippen LogP contribution in [0.1, 0.15) is 59.4 Å². The highest BCUT2D eigenvalue weighted by molar-refractivity contribution is 5.68. The summed E-state index contributed by atoms with van der Waals surface area (Å²) in [7, 11) is 0. The third-order valence-corrected chi connectivity index (χ3v) is 3.53. The van der Waals surface area contributed by atoms with E-state index in [0.717, 1.165) is 13.0 Å². The molecule has 0 radical (unpaired) electrons. The minimum atomic E-state index is -0.474. The first-order chi connectivity index (χ1) is 10.6. The van der Waals surface area contributed by atoms with E-state index in [1.807, 2.05) is 40.7 Å². The maximum absolute atomic E-state index is 11.8. The fourth-order valence-corrected chi connectivity index (χ4v) is 2.29. The van der Waals surface area contributed by atoms with Crippen molar-refractivity contribution in [3.63, 3.8) is 0 Å². The summed E-state index contributed by atoms with van der Waals surface area (Å²) in [5.41, 5.74) is 0.539. The predicted molar refractivity (Wildman–Crippen MR) is 95.8 cm³/mol. The second-order valence-electron chi connectivity index (χ2n) is 7.79. The monoisotopic (exact) mass is 320 g/mol. The Morgan fingerprint density at radius 1 is 1.13 bits per heavy atom. The lowest BCUT2D eigenvalue weighted by atomic mass is 9.98. The molecule has 130 valence electrons. The second kappa shape index (κ2) is 8.34. The number of alkyl carbamates (subject to hydrolysis) is 1. The van der Waals surface area contributed by atoms with Gasteiger partial charge in [-0.3, -0.25) is 0 Å². The van der Waals surface area contributed by atoms with Gasteiger partial charge in [-0.2, -0.15) is 0 Å². The smallest absolute Gasteiger partial charge is 0.408 e. The molecule has 0 aliphatic carbocycles. The van der Waals surface area contributed by atoms with Crippen molar-refractivity contribution in [2.45, 2.75) is 65.0 Å². The van der Waals surface area contributed by atoms with Crippen LogP contribution in [0.2, 0.25) is 0 Å². The average Bonchev–Trinajstić information content (AvgIpc) is 2.41. The molecule has 1 unspecified atom stereocenters. The predicted octanol–water partition coefficient (Wildman–Crippen LogP) is 4.07. The molecule has 0 spiro atoms. The van der Waals surface area contributed by atoms with Crippen molar-refractivity contribution in [2.75, 3.05) is 13.1 Å². The Morgan fingerprint density at radius 3 is 2.30 bits per heavy atom. The van der Waals surface area contributed by atoms with Crippen molar-refractivity contribution in [3.8, 4) is 0 Å². The molecule has 0 aliphatic rings. The first-order valence-electron chi connectivity index (χ1n) is 8.36. The highest BCUT2D eigenvalue weighted by atomic mass is 16.6. The molecule has 1 aromatic carbocycles. The van der Waals surface area contributed by atoms with Crippen LogP contribution in [0.15, 0.2) is 30.3 Å². The second-order valence-corrected chi connectivity index (χ2v) is 7.79. The molecule has 1 atom stereocenters. The first-order valence-corrected chi connectivity index (χ1v) is 8.36. The number of hydrogen-bond acceptors (Lipinski definition) is 3. The minimum absolute atomic E-state index is 0.349. The summed E-state index contributed by atoms with van der Waals surface area (Å²) in [6, 6.07) is 10.5. The summed E-state index contributed by atoms with van der Waals surface area (Å²) in [5, 5.41) is 6.33. The van der Waals surface area contributed by atoms with Crippen molar-refractivity contribution in [1.82, 2.24) is 10.6 Å². The van der Waals surface area contributed by atoms with Crippen LogP contribution in [0, 0.1) is 0 Å². The molecule has 0 saturated carbocycles. The van der Waals surface area contributed by atoms with Gasteiger partial charge in [0.25, 0.3) is 0 Å². The molecule has 0 aromatic heterocycles. The molecule has 1 rings (SSSR count). The van der Waals surface area contributed by atoms with Gasteiger partial charge in [-0.05, 0) is 59.1 Å². The number of carbonyl (C=O) groups excluding carboxylic acids is 1. The summed E-state index contributed by atoms with van der Waals surface area (Å²) >= 11 is 0. The third-order valence-electron chi connectivity index (χ3n) is 3.53. The lowest BCUT2D eigenvalue weighted by molar-refractivity contribution is 0.0472. The van der Waals surface area contributed by atoms with Crippen LogP contribution in [0.4, 0.5) is 4.79 Å². The van der Waals surface area contributed by atoms with E-state index in [1.54, 1.807) is 0 Å². The van der Waals surface area contributed by atoms with Gasteiger partial charge in [-0.1, -0.05) is 37.3 Å². The van der Waals surface area contributed by atoms with E-state index < -0.39 is 5.60 Å². The van der Waals surface area contributed by atoms with E-state index >= 15 is 0 Å². The van der Waals surface area contributed by atoms with Gasteiger partial charge in [0.05, 0.1) is 5.54 Å². The van der Waals surface area contributed by atoms with Crippen LogP contribution in [-0.2, 0) is 4.74 Å². The Morgan fingerprint density at radius 2 is 1.74 bits per heavy atom. The normalized spacial score (nSPS) is 13.5. The minimum Gasteiger partial charge on any atom is -0.444 e. The molecule has 0 bridgehead atoms. The summed E-state index contributed by atoms with van der Waals surface area (Å²) < 4.78 is 5.30. The fourth-order valence-electron chi connectivity index (χ4n) is 2.29. The quantitative estimate of drug-likeness (QED) is 0.745. The molecule has 0 heterocycles. The van der Waals surface area contributed by atoms with E-state index in [4.69, 9.17) is 4.74 Å². The van der Waals surface area contributed by atoms with Gasteiger partial charge >= 0.3 is 6.09 Å². The van der Waals surface area contributed by atoms with Gasteiger partial charge in [-0.15, -0.1) is 0 Å². The number of benzene rings is 1. The largest absolute Gasteiger partial charge is 0.444 e. The molecule has 0 aliphatic heterocycles. The summed E-state index contributed by atoms with van der Waals surface area (Å²) in [6.45, 7) is 13.4. The zero-order chi connectivity index (χ0) is 17.5. The molecule has 1 amide bonds. The first kappa shape index (κ1) is 19.5. The molecular formula is C19H32N2O2. The standard InChI is InChI=1S/C19H32N2O2/c1-15(16-10-8-7-9-11-16)12-13-20-14-19(5,6)21-17(22)23-18(2,3)4/h7-11,15,20H,12-14H2,1-6H3,(H,21,22). The lowest BCUT2D eigenvalue weighted by Crippen LogP contribution is -2.51. The Hall–Kier alpha value is -1.55. The van der Waals surface area contributed by atoms with Crippen LogP contribution in [0.25, 0.3) is 0 Å². The summed E-state index contributed by atoms with van der Waals surface area (Å²) in [4.78, 5) is 11.8. The van der Waals surface area contributed by atoms with E-state index in [-0.39, 0.29) is 11.6 Å². The summed E-state index contributed by atoms with van der Waals surface area (Å²) in [6.07, 6.45) is 0.689. The van der Waals surface area contributed by atoms with Gasteiger partial charge in [-0.25, -0.2) is 4.79 Å². The van der Waals surface area contributed by atoms with Crippen LogP contribution >= 0.6 is 0 Å². The van der Waals surface area contributed by atoms with Gasteiger partial charge in [0, 0.05) is 6.54 Å². The van der Waals surface area contributed by atoms with Gasteiger partial charge in [0.2, 0.25) is 0 Å². The van der Waals surface area contributed by atoms with Crippen molar-refractivity contribution in [1.29, 1.82) is 0 Å². The lowest BCUT2D eigenvalue weighted by Gasteiger charge is -2.29. The number of nitrogens with one attached hydrogen (secondary N) is 2. The van der Waals surface area contributed by atoms with Crippen LogP contribution < -0.4 is 10.6 Å². The Kier molecular flexibility index (Phi) is 7.07. The Labute approximate surface area is 141 Å². The topological polar surface area (TPSA) is 50.4 Å². The molecule has 1 aromatic rings. The highest BCUT2D eigenvalue weighted by Gasteiger charge is 2.24. The number of ether oxygens (including phenoxy) is 1. The maximum atomic E-state index is 11.8. The van der Waals surface area contributed by atoms with Crippen LogP contribution in [0.3, 0.4) is 0 Å². The van der Waals surface area contributed by atoms with E-state index in [9.17, 15) is 4.79 Å². The maximum Gasteiger partial charge on any atom is 0.408 e. The van der Waals surface area contributed by atoms with Crippen LogP contribution in [0.5, 0.6) is 0 Å². The van der Waals surface area contributed by atoms with E-state index in [0.29, 0.717) is 12.5 Å². The fraction of sp³-hybridized carbons (Fsp3) is 0.632. The average molecular weight is 320 g/mol. The van der Waals surface area contributed by atoms with Crippen LogP contribution in [-0.4, -0.2) is 30.3 Å². The molecule has 0 saturated heterocycles. The van der Waals surface area contributed by atoms with Crippen molar-refractivity contribution < 1.29 is 9.53 Å². The van der Waals surface area contributed by atoms with Crippen molar-refractivity contribution in [2.24, 2.45) is 0 Å².